The predicted molar refractivity (Wildman–Crippen MR) is 108 cm³/mol. The molecule has 0 fully saturated rings. The number of carbonyl (C=O) groups is 1. The second kappa shape index (κ2) is 10.5. The van der Waals surface area contributed by atoms with Crippen LogP contribution in [0.5, 0.6) is 0 Å². The largest absolute Gasteiger partial charge is 0.352 e. The molecule has 3 N–H and O–H groups in total. The van der Waals surface area contributed by atoms with E-state index in [9.17, 15) is 4.79 Å². The van der Waals surface area contributed by atoms with Crippen LogP contribution in [-0.4, -0.2) is 18.9 Å². The molecule has 0 aliphatic rings. The molecule has 0 bridgehead atoms. The van der Waals surface area contributed by atoms with Crippen molar-refractivity contribution in [1.29, 1.82) is 0 Å². The van der Waals surface area contributed by atoms with Crippen LogP contribution in [0.2, 0.25) is 5.02 Å². The Hall–Kier alpha value is -2.53. The van der Waals surface area contributed by atoms with Crippen molar-refractivity contribution in [2.24, 2.45) is 4.99 Å². The van der Waals surface area contributed by atoms with E-state index < -0.39 is 0 Å². The topological polar surface area (TPSA) is 65.5 Å². The van der Waals surface area contributed by atoms with Crippen LogP contribution in [0.15, 0.2) is 53.5 Å². The summed E-state index contributed by atoms with van der Waals surface area (Å²) in [6, 6.07) is 15.5. The molecule has 0 unspecified atom stereocenters. The number of aliphatic imine (C=N–C) groups is 1. The number of carbonyl (C=O) groups excluding carboxylic acids is 1. The van der Waals surface area contributed by atoms with E-state index >= 15 is 0 Å². The van der Waals surface area contributed by atoms with Crippen molar-refractivity contribution in [3.8, 4) is 0 Å². The highest BCUT2D eigenvalue weighted by atomic mass is 35.5. The smallest absolute Gasteiger partial charge is 0.224 e. The normalized spacial score (nSPS) is 11.1. The first-order chi connectivity index (χ1) is 12.6. The summed E-state index contributed by atoms with van der Waals surface area (Å²) < 4.78 is 0. The number of hydrogen-bond donors (Lipinski definition) is 3. The average Bonchev–Trinajstić information content (AvgIpc) is 2.64. The molecule has 2 rings (SSSR count). The molecule has 26 heavy (non-hydrogen) atoms. The summed E-state index contributed by atoms with van der Waals surface area (Å²) in [5, 5.41) is 10.2. The summed E-state index contributed by atoms with van der Waals surface area (Å²) in [4.78, 5) is 15.9. The summed E-state index contributed by atoms with van der Waals surface area (Å²) in [5.41, 5.74) is 3.00. The highest BCUT2D eigenvalue weighted by molar-refractivity contribution is 6.30. The van der Waals surface area contributed by atoms with E-state index in [0.29, 0.717) is 25.5 Å². The maximum atomic E-state index is 11.7. The van der Waals surface area contributed by atoms with E-state index in [1.807, 2.05) is 55.5 Å². The van der Waals surface area contributed by atoms with Crippen molar-refractivity contribution < 1.29 is 4.79 Å². The number of rotatable bonds is 7. The monoisotopic (exact) mass is 372 g/mol. The summed E-state index contributed by atoms with van der Waals surface area (Å²) in [7, 11) is 1.73. The van der Waals surface area contributed by atoms with Gasteiger partial charge in [0.1, 0.15) is 0 Å². The number of nitrogens with zero attached hydrogens (tertiary/aromatic N) is 1. The molecule has 6 heteroatoms. The fraction of sp³-hybridized carbons (Fsp3) is 0.300. The molecular weight excluding hydrogens is 348 g/mol. The number of guanidine groups is 1. The van der Waals surface area contributed by atoms with Crippen LogP contribution in [0.3, 0.4) is 0 Å². The van der Waals surface area contributed by atoms with Gasteiger partial charge in [-0.2, -0.15) is 0 Å². The second-order valence-electron chi connectivity index (χ2n) is 5.90. The van der Waals surface area contributed by atoms with E-state index in [-0.39, 0.29) is 5.91 Å². The van der Waals surface area contributed by atoms with Gasteiger partial charge >= 0.3 is 0 Å². The van der Waals surface area contributed by atoms with Gasteiger partial charge in [0.25, 0.3) is 0 Å². The Morgan fingerprint density at radius 3 is 2.38 bits per heavy atom. The maximum absolute atomic E-state index is 11.7. The molecule has 138 valence electrons. The molecule has 2 aromatic carbocycles. The first kappa shape index (κ1) is 19.8. The Morgan fingerprint density at radius 2 is 1.73 bits per heavy atom. The SMILES string of the molecule is CCCC(=O)Nc1cccc(CNC(=NC)NCc2ccc(Cl)cc2)c1. The Bertz CT molecular complexity index is 744. The average molecular weight is 373 g/mol. The van der Waals surface area contributed by atoms with E-state index in [0.717, 1.165) is 28.3 Å². The molecule has 0 aliphatic carbocycles. The first-order valence-electron chi connectivity index (χ1n) is 8.68. The van der Waals surface area contributed by atoms with Gasteiger partial charge in [0.15, 0.2) is 5.96 Å². The Balaban J connectivity index is 1.85. The molecule has 0 aliphatic heterocycles. The van der Waals surface area contributed by atoms with Crippen LogP contribution in [0, 0.1) is 0 Å². The number of halogens is 1. The van der Waals surface area contributed by atoms with Crippen molar-refractivity contribution in [2.45, 2.75) is 32.9 Å². The van der Waals surface area contributed by atoms with Gasteiger partial charge in [-0.3, -0.25) is 9.79 Å². The molecule has 5 nitrogen and oxygen atoms in total. The number of nitrogens with one attached hydrogen (secondary N) is 3. The van der Waals surface area contributed by atoms with Crippen LogP contribution >= 0.6 is 11.6 Å². The van der Waals surface area contributed by atoms with Crippen molar-refractivity contribution in [3.05, 3.63) is 64.7 Å². The van der Waals surface area contributed by atoms with E-state index in [1.54, 1.807) is 7.05 Å². The van der Waals surface area contributed by atoms with Crippen LogP contribution in [0.25, 0.3) is 0 Å². The van der Waals surface area contributed by atoms with Crippen LogP contribution in [0.4, 0.5) is 5.69 Å². The molecule has 0 heterocycles. The third-order valence-electron chi connectivity index (χ3n) is 3.74. The van der Waals surface area contributed by atoms with E-state index in [4.69, 9.17) is 11.6 Å². The first-order valence-corrected chi connectivity index (χ1v) is 9.06. The molecule has 0 saturated carbocycles. The van der Waals surface area contributed by atoms with Gasteiger partial charge in [0.2, 0.25) is 5.91 Å². The fourth-order valence-corrected chi connectivity index (χ4v) is 2.53. The summed E-state index contributed by atoms with van der Waals surface area (Å²) in [5.74, 6) is 0.749. The molecule has 2 aromatic rings. The van der Waals surface area contributed by atoms with Gasteiger partial charge in [-0.15, -0.1) is 0 Å². The number of amides is 1. The highest BCUT2D eigenvalue weighted by Crippen LogP contribution is 2.11. The second-order valence-corrected chi connectivity index (χ2v) is 6.34. The Kier molecular flexibility index (Phi) is 7.96. The lowest BCUT2D eigenvalue weighted by atomic mass is 10.2. The summed E-state index contributed by atoms with van der Waals surface area (Å²) >= 11 is 5.90. The van der Waals surface area contributed by atoms with Crippen molar-refractivity contribution in [2.75, 3.05) is 12.4 Å². The van der Waals surface area contributed by atoms with E-state index in [1.165, 1.54) is 0 Å². The molecule has 0 radical (unpaired) electrons. The van der Waals surface area contributed by atoms with Crippen molar-refractivity contribution in [1.82, 2.24) is 10.6 Å². The number of anilines is 1. The Morgan fingerprint density at radius 1 is 1.04 bits per heavy atom. The van der Waals surface area contributed by atoms with Crippen LogP contribution in [-0.2, 0) is 17.9 Å². The lowest BCUT2D eigenvalue weighted by Gasteiger charge is -2.13. The minimum atomic E-state index is 0.0399. The summed E-state index contributed by atoms with van der Waals surface area (Å²) in [6.45, 7) is 3.25. The maximum Gasteiger partial charge on any atom is 0.224 e. The van der Waals surface area contributed by atoms with Gasteiger partial charge in [-0.25, -0.2) is 0 Å². The molecular formula is C20H25ClN4O. The molecule has 0 spiro atoms. The van der Waals surface area contributed by atoms with Gasteiger partial charge in [-0.05, 0) is 41.8 Å². The molecule has 1 amide bonds. The van der Waals surface area contributed by atoms with Crippen molar-refractivity contribution >= 4 is 29.2 Å². The number of benzene rings is 2. The Labute approximate surface area is 159 Å². The van der Waals surface area contributed by atoms with E-state index in [2.05, 4.69) is 20.9 Å². The van der Waals surface area contributed by atoms with Gasteiger partial charge in [0.05, 0.1) is 0 Å². The zero-order valence-corrected chi connectivity index (χ0v) is 15.9. The van der Waals surface area contributed by atoms with Crippen molar-refractivity contribution in [3.63, 3.8) is 0 Å². The molecule has 0 atom stereocenters. The van der Waals surface area contributed by atoms with Crippen LogP contribution < -0.4 is 16.0 Å². The lowest BCUT2D eigenvalue weighted by Crippen LogP contribution is -2.36. The molecule has 0 aromatic heterocycles. The standard InChI is InChI=1S/C20H25ClN4O/c1-3-5-19(26)25-18-7-4-6-16(12-18)14-24-20(22-2)23-13-15-8-10-17(21)11-9-15/h4,6-12H,3,5,13-14H2,1-2H3,(H,25,26)(H2,22,23,24). The minimum Gasteiger partial charge on any atom is -0.352 e. The zero-order valence-electron chi connectivity index (χ0n) is 15.2. The van der Waals surface area contributed by atoms with Gasteiger partial charge in [0, 0.05) is 37.3 Å². The third-order valence-corrected chi connectivity index (χ3v) is 4.00. The van der Waals surface area contributed by atoms with Crippen LogP contribution in [0.1, 0.15) is 30.9 Å². The zero-order chi connectivity index (χ0) is 18.8. The number of hydrogen-bond acceptors (Lipinski definition) is 2. The molecule has 0 saturated heterocycles. The fourth-order valence-electron chi connectivity index (χ4n) is 2.40. The third kappa shape index (κ3) is 6.76. The highest BCUT2D eigenvalue weighted by Gasteiger charge is 2.03. The predicted octanol–water partition coefficient (Wildman–Crippen LogP) is 3.94. The quantitative estimate of drug-likeness (QED) is 0.509. The minimum absolute atomic E-state index is 0.0399. The lowest BCUT2D eigenvalue weighted by molar-refractivity contribution is -0.116. The van der Waals surface area contributed by atoms with Gasteiger partial charge in [-0.1, -0.05) is 42.8 Å². The van der Waals surface area contributed by atoms with Gasteiger partial charge < -0.3 is 16.0 Å². The summed E-state index contributed by atoms with van der Waals surface area (Å²) in [6.07, 6.45) is 1.37.